The summed E-state index contributed by atoms with van der Waals surface area (Å²) in [5.74, 6) is 0.112. The summed E-state index contributed by atoms with van der Waals surface area (Å²) < 4.78 is 30.1. The van der Waals surface area contributed by atoms with Gasteiger partial charge in [0.2, 0.25) is 0 Å². The molecule has 5 heteroatoms. The van der Waals surface area contributed by atoms with E-state index in [9.17, 15) is 13.9 Å². The fraction of sp³-hybridized carbons (Fsp3) is 0.118. The molecule has 0 fully saturated rings. The summed E-state index contributed by atoms with van der Waals surface area (Å²) in [6.45, 7) is 0. The van der Waals surface area contributed by atoms with Crippen LogP contribution >= 0.6 is 0 Å². The zero-order valence-corrected chi connectivity index (χ0v) is 11.6. The molecule has 0 aliphatic rings. The highest BCUT2D eigenvalue weighted by molar-refractivity contribution is 5.55. The molecule has 3 nitrogen and oxygen atoms in total. The van der Waals surface area contributed by atoms with E-state index in [1.165, 1.54) is 24.5 Å². The molecule has 1 heterocycles. The minimum Gasteiger partial charge on any atom is -0.380 e. The fourth-order valence-corrected chi connectivity index (χ4v) is 2.31. The molecule has 0 radical (unpaired) electrons. The molecule has 0 aliphatic carbocycles. The number of rotatable bonds is 4. The van der Waals surface area contributed by atoms with Gasteiger partial charge in [0, 0.05) is 18.0 Å². The lowest BCUT2D eigenvalue weighted by molar-refractivity contribution is -0.173. The van der Waals surface area contributed by atoms with Crippen molar-refractivity contribution < 1.29 is 13.9 Å². The van der Waals surface area contributed by atoms with E-state index < -0.39 is 12.2 Å². The zero-order chi connectivity index (χ0) is 15.6. The molecule has 0 bridgehead atoms. The van der Waals surface area contributed by atoms with Crippen molar-refractivity contribution in [3.8, 4) is 11.4 Å². The Hall–Kier alpha value is -2.53. The molecule has 3 aromatic rings. The van der Waals surface area contributed by atoms with Crippen LogP contribution in [0.4, 0.5) is 8.78 Å². The maximum absolute atomic E-state index is 14.7. The number of benzene rings is 2. The quantitative estimate of drug-likeness (QED) is 0.795. The molecule has 1 unspecified atom stereocenters. The Labute approximate surface area is 126 Å². The Kier molecular flexibility index (Phi) is 3.73. The van der Waals surface area contributed by atoms with Crippen molar-refractivity contribution >= 4 is 0 Å². The number of hydrogen-bond donors (Lipinski definition) is 1. The topological polar surface area (TPSA) is 38.0 Å². The van der Waals surface area contributed by atoms with E-state index in [2.05, 4.69) is 4.98 Å². The Morgan fingerprint density at radius 2 is 1.55 bits per heavy atom. The number of nitrogens with zero attached hydrogens (tertiary/aromatic N) is 2. The number of alkyl halides is 2. The van der Waals surface area contributed by atoms with Crippen molar-refractivity contribution in [2.45, 2.75) is 12.2 Å². The van der Waals surface area contributed by atoms with Crippen LogP contribution in [0.5, 0.6) is 0 Å². The first kappa shape index (κ1) is 14.4. The van der Waals surface area contributed by atoms with Gasteiger partial charge in [-0.15, -0.1) is 0 Å². The van der Waals surface area contributed by atoms with Gasteiger partial charge < -0.3 is 5.11 Å². The molecule has 0 spiro atoms. The van der Waals surface area contributed by atoms with Crippen LogP contribution in [0.3, 0.4) is 0 Å². The van der Waals surface area contributed by atoms with Crippen LogP contribution < -0.4 is 0 Å². The summed E-state index contributed by atoms with van der Waals surface area (Å²) in [5.41, 5.74) is 0.715. The molecule has 1 atom stereocenters. The molecular formula is C17H14F2N2O. The number of aliphatic hydroxyl groups excluding tert-OH is 1. The van der Waals surface area contributed by atoms with Gasteiger partial charge in [-0.2, -0.15) is 8.78 Å². The van der Waals surface area contributed by atoms with Crippen molar-refractivity contribution in [1.82, 2.24) is 9.55 Å². The second-order valence-electron chi connectivity index (χ2n) is 4.89. The molecule has 0 saturated carbocycles. The van der Waals surface area contributed by atoms with E-state index in [0.29, 0.717) is 10.1 Å². The number of imidazole rings is 1. The molecule has 1 N–H and O–H groups in total. The van der Waals surface area contributed by atoms with Crippen LogP contribution in [0.25, 0.3) is 11.4 Å². The van der Waals surface area contributed by atoms with Crippen LogP contribution in [-0.4, -0.2) is 14.7 Å². The maximum Gasteiger partial charge on any atom is 0.360 e. The summed E-state index contributed by atoms with van der Waals surface area (Å²) in [7, 11) is 0. The largest absolute Gasteiger partial charge is 0.380 e. The Bertz CT molecular complexity index is 742. The van der Waals surface area contributed by atoms with E-state index >= 15 is 0 Å². The average Bonchev–Trinajstić information content (AvgIpc) is 3.06. The van der Waals surface area contributed by atoms with E-state index in [4.69, 9.17) is 0 Å². The van der Waals surface area contributed by atoms with E-state index in [-0.39, 0.29) is 11.4 Å². The standard InChI is InChI=1S/C17H14F2N2O/c18-17(19,15(22)13-7-3-1-4-8-13)21-12-11-20-16(21)14-9-5-2-6-10-14/h1-12,15,22H. The third-order valence-corrected chi connectivity index (χ3v) is 3.44. The predicted octanol–water partition coefficient (Wildman–Crippen LogP) is 3.83. The van der Waals surface area contributed by atoms with Gasteiger partial charge in [0.1, 0.15) is 5.82 Å². The minimum absolute atomic E-state index is 0.112. The highest BCUT2D eigenvalue weighted by atomic mass is 19.3. The third-order valence-electron chi connectivity index (χ3n) is 3.44. The molecule has 3 rings (SSSR count). The van der Waals surface area contributed by atoms with E-state index in [1.54, 1.807) is 48.5 Å². The summed E-state index contributed by atoms with van der Waals surface area (Å²) in [6, 6.07) is 13.1. The normalized spacial score (nSPS) is 13.0. The van der Waals surface area contributed by atoms with Crippen LogP contribution in [0, 0.1) is 0 Å². The number of aromatic nitrogens is 2. The van der Waals surface area contributed by atoms with E-state index in [1.807, 2.05) is 0 Å². The monoisotopic (exact) mass is 300 g/mol. The Morgan fingerprint density at radius 1 is 0.955 bits per heavy atom. The smallest absolute Gasteiger partial charge is 0.360 e. The second kappa shape index (κ2) is 5.69. The van der Waals surface area contributed by atoms with Gasteiger partial charge in [-0.25, -0.2) is 4.98 Å². The summed E-state index contributed by atoms with van der Waals surface area (Å²) in [5, 5.41) is 10.1. The molecule has 2 aromatic carbocycles. The van der Waals surface area contributed by atoms with Crippen molar-refractivity contribution in [2.75, 3.05) is 0 Å². The lowest BCUT2D eigenvalue weighted by atomic mass is 10.1. The van der Waals surface area contributed by atoms with Gasteiger partial charge in [0.15, 0.2) is 6.10 Å². The van der Waals surface area contributed by atoms with Gasteiger partial charge in [-0.1, -0.05) is 60.7 Å². The molecule has 112 valence electrons. The summed E-state index contributed by atoms with van der Waals surface area (Å²) in [6.07, 6.45) is 0.521. The molecule has 1 aromatic heterocycles. The van der Waals surface area contributed by atoms with Crippen molar-refractivity contribution in [3.63, 3.8) is 0 Å². The zero-order valence-electron chi connectivity index (χ0n) is 11.6. The molecule has 22 heavy (non-hydrogen) atoms. The molecule has 0 amide bonds. The second-order valence-corrected chi connectivity index (χ2v) is 4.89. The fourth-order valence-electron chi connectivity index (χ4n) is 2.31. The molecule has 0 saturated heterocycles. The minimum atomic E-state index is -3.51. The Morgan fingerprint density at radius 3 is 2.18 bits per heavy atom. The predicted molar refractivity (Wildman–Crippen MR) is 79.3 cm³/mol. The van der Waals surface area contributed by atoms with Gasteiger partial charge in [-0.3, -0.25) is 4.57 Å². The summed E-state index contributed by atoms with van der Waals surface area (Å²) in [4.78, 5) is 4.00. The van der Waals surface area contributed by atoms with Crippen LogP contribution in [0.15, 0.2) is 73.1 Å². The summed E-state index contributed by atoms with van der Waals surface area (Å²) >= 11 is 0. The van der Waals surface area contributed by atoms with E-state index in [0.717, 1.165) is 0 Å². The van der Waals surface area contributed by atoms with Crippen molar-refractivity contribution in [1.29, 1.82) is 0 Å². The number of aliphatic hydroxyl groups is 1. The van der Waals surface area contributed by atoms with Crippen molar-refractivity contribution in [3.05, 3.63) is 78.6 Å². The Balaban J connectivity index is 2.02. The van der Waals surface area contributed by atoms with Crippen LogP contribution in [0.1, 0.15) is 11.7 Å². The average molecular weight is 300 g/mol. The lowest BCUT2D eigenvalue weighted by Crippen LogP contribution is -2.31. The van der Waals surface area contributed by atoms with Gasteiger partial charge in [0.05, 0.1) is 0 Å². The SMILES string of the molecule is OC(c1ccccc1)C(F)(F)n1ccnc1-c1ccccc1. The van der Waals surface area contributed by atoms with Crippen LogP contribution in [-0.2, 0) is 6.05 Å². The number of halogens is 2. The van der Waals surface area contributed by atoms with Crippen molar-refractivity contribution in [2.24, 2.45) is 0 Å². The maximum atomic E-state index is 14.7. The first-order valence-corrected chi connectivity index (χ1v) is 6.81. The van der Waals surface area contributed by atoms with Gasteiger partial charge in [-0.05, 0) is 5.56 Å². The lowest BCUT2D eigenvalue weighted by Gasteiger charge is -2.25. The molecule has 0 aliphatic heterocycles. The van der Waals surface area contributed by atoms with Gasteiger partial charge in [0.25, 0.3) is 0 Å². The number of hydrogen-bond acceptors (Lipinski definition) is 2. The highest BCUT2D eigenvalue weighted by Crippen LogP contribution is 2.38. The molecular weight excluding hydrogens is 286 g/mol. The third kappa shape index (κ3) is 2.51. The first-order valence-electron chi connectivity index (χ1n) is 6.81. The van der Waals surface area contributed by atoms with Gasteiger partial charge >= 0.3 is 6.05 Å². The van der Waals surface area contributed by atoms with Crippen LogP contribution in [0.2, 0.25) is 0 Å². The first-order chi connectivity index (χ1) is 10.6. The highest BCUT2D eigenvalue weighted by Gasteiger charge is 2.42.